The summed E-state index contributed by atoms with van der Waals surface area (Å²) in [5, 5.41) is 3.29. The molecule has 1 aliphatic heterocycles. The fraction of sp³-hybridized carbons (Fsp3) is 0.500. The van der Waals surface area contributed by atoms with E-state index in [9.17, 15) is 4.79 Å². The molecule has 0 radical (unpaired) electrons. The zero-order chi connectivity index (χ0) is 12.8. The average molecular weight is 248 g/mol. The van der Waals surface area contributed by atoms with Gasteiger partial charge in [-0.15, -0.1) is 0 Å². The van der Waals surface area contributed by atoms with Crippen LogP contribution in [-0.4, -0.2) is 37.2 Å². The number of carbonyl (C=O) groups excluding carboxylic acids is 1. The Morgan fingerprint density at radius 1 is 1.39 bits per heavy atom. The fourth-order valence-electron chi connectivity index (χ4n) is 2.01. The van der Waals surface area contributed by atoms with E-state index >= 15 is 0 Å². The van der Waals surface area contributed by atoms with E-state index in [4.69, 9.17) is 4.74 Å². The molecule has 1 fully saturated rings. The summed E-state index contributed by atoms with van der Waals surface area (Å²) in [4.78, 5) is 13.5. The number of nitrogens with zero attached hydrogens (tertiary/aromatic N) is 1. The molecule has 4 heteroatoms. The van der Waals surface area contributed by atoms with Gasteiger partial charge in [0.05, 0.1) is 0 Å². The molecule has 1 aliphatic rings. The van der Waals surface area contributed by atoms with E-state index in [-0.39, 0.29) is 6.09 Å². The first-order valence-electron chi connectivity index (χ1n) is 6.46. The van der Waals surface area contributed by atoms with Crippen molar-refractivity contribution in [3.8, 4) is 0 Å². The van der Waals surface area contributed by atoms with E-state index in [0.717, 1.165) is 31.7 Å². The molecule has 1 saturated heterocycles. The number of amides is 1. The lowest BCUT2D eigenvalue weighted by Crippen LogP contribution is -2.53. The van der Waals surface area contributed by atoms with Crippen molar-refractivity contribution >= 4 is 6.09 Å². The molecule has 0 spiro atoms. The molecule has 0 atom stereocenters. The van der Waals surface area contributed by atoms with Crippen molar-refractivity contribution in [1.82, 2.24) is 10.2 Å². The molecule has 0 aliphatic carbocycles. The van der Waals surface area contributed by atoms with Crippen molar-refractivity contribution < 1.29 is 9.53 Å². The van der Waals surface area contributed by atoms with Crippen LogP contribution in [0, 0.1) is 5.92 Å². The SMILES string of the molecule is CCNCC1CN(C(=O)OCc2ccccc2)C1. The first-order valence-corrected chi connectivity index (χ1v) is 6.46. The highest BCUT2D eigenvalue weighted by atomic mass is 16.6. The van der Waals surface area contributed by atoms with Gasteiger partial charge in [0.15, 0.2) is 0 Å². The molecular weight excluding hydrogens is 228 g/mol. The van der Waals surface area contributed by atoms with Crippen LogP contribution < -0.4 is 5.32 Å². The molecular formula is C14H20N2O2. The Labute approximate surface area is 108 Å². The molecule has 18 heavy (non-hydrogen) atoms. The summed E-state index contributed by atoms with van der Waals surface area (Å²) in [6, 6.07) is 9.75. The van der Waals surface area contributed by atoms with Gasteiger partial charge in [0.1, 0.15) is 6.61 Å². The molecule has 1 N–H and O–H groups in total. The molecule has 4 nitrogen and oxygen atoms in total. The lowest BCUT2D eigenvalue weighted by atomic mass is 10.0. The van der Waals surface area contributed by atoms with Crippen LogP contribution in [0.4, 0.5) is 4.79 Å². The minimum atomic E-state index is -0.202. The summed E-state index contributed by atoms with van der Waals surface area (Å²) in [6.45, 7) is 6.02. The van der Waals surface area contributed by atoms with Gasteiger partial charge in [0, 0.05) is 25.6 Å². The summed E-state index contributed by atoms with van der Waals surface area (Å²) in [7, 11) is 0. The van der Waals surface area contributed by atoms with Crippen LogP contribution in [-0.2, 0) is 11.3 Å². The standard InChI is InChI=1S/C14H20N2O2/c1-2-15-8-13-9-16(10-13)14(17)18-11-12-6-4-3-5-7-12/h3-7,13,15H,2,8-11H2,1H3. The van der Waals surface area contributed by atoms with E-state index in [1.165, 1.54) is 0 Å². The van der Waals surface area contributed by atoms with Crippen LogP contribution in [0.3, 0.4) is 0 Å². The van der Waals surface area contributed by atoms with Crippen molar-refractivity contribution in [2.75, 3.05) is 26.2 Å². The number of hydrogen-bond donors (Lipinski definition) is 1. The van der Waals surface area contributed by atoms with Crippen molar-refractivity contribution in [1.29, 1.82) is 0 Å². The number of carbonyl (C=O) groups is 1. The van der Waals surface area contributed by atoms with Crippen LogP contribution in [0.2, 0.25) is 0 Å². The Bertz CT molecular complexity index is 375. The maximum absolute atomic E-state index is 11.7. The molecule has 2 rings (SSSR count). The van der Waals surface area contributed by atoms with Crippen LogP contribution >= 0.6 is 0 Å². The molecule has 98 valence electrons. The number of nitrogens with one attached hydrogen (secondary N) is 1. The van der Waals surface area contributed by atoms with Gasteiger partial charge in [-0.2, -0.15) is 0 Å². The topological polar surface area (TPSA) is 41.6 Å². The van der Waals surface area contributed by atoms with E-state index in [2.05, 4.69) is 12.2 Å². The highest BCUT2D eigenvalue weighted by molar-refractivity contribution is 5.68. The van der Waals surface area contributed by atoms with Gasteiger partial charge in [-0.1, -0.05) is 37.3 Å². The quantitative estimate of drug-likeness (QED) is 0.865. The van der Waals surface area contributed by atoms with E-state index < -0.39 is 0 Å². The third-order valence-corrected chi connectivity index (χ3v) is 3.10. The number of ether oxygens (including phenoxy) is 1. The third kappa shape index (κ3) is 3.47. The van der Waals surface area contributed by atoms with Gasteiger partial charge < -0.3 is 15.0 Å². The van der Waals surface area contributed by atoms with Crippen molar-refractivity contribution in [3.63, 3.8) is 0 Å². The highest BCUT2D eigenvalue weighted by Crippen LogP contribution is 2.16. The van der Waals surface area contributed by atoms with Gasteiger partial charge in [-0.25, -0.2) is 4.79 Å². The smallest absolute Gasteiger partial charge is 0.410 e. The Hall–Kier alpha value is -1.55. The zero-order valence-corrected chi connectivity index (χ0v) is 10.8. The van der Waals surface area contributed by atoms with Gasteiger partial charge in [0.25, 0.3) is 0 Å². The molecule has 0 unspecified atom stereocenters. The Kier molecular flexibility index (Phi) is 4.59. The summed E-state index contributed by atoms with van der Waals surface area (Å²) >= 11 is 0. The summed E-state index contributed by atoms with van der Waals surface area (Å²) < 4.78 is 5.25. The molecule has 0 bridgehead atoms. The lowest BCUT2D eigenvalue weighted by molar-refractivity contribution is 0.0497. The Morgan fingerprint density at radius 2 is 2.11 bits per heavy atom. The maximum Gasteiger partial charge on any atom is 0.410 e. The molecule has 1 amide bonds. The summed E-state index contributed by atoms with van der Waals surface area (Å²) in [5.74, 6) is 0.578. The number of benzene rings is 1. The Balaban J connectivity index is 1.65. The van der Waals surface area contributed by atoms with Crippen LogP contribution in [0.25, 0.3) is 0 Å². The van der Waals surface area contributed by atoms with E-state index in [1.807, 2.05) is 30.3 Å². The van der Waals surface area contributed by atoms with Crippen LogP contribution in [0.5, 0.6) is 0 Å². The zero-order valence-electron chi connectivity index (χ0n) is 10.8. The second-order valence-corrected chi connectivity index (χ2v) is 4.62. The number of likely N-dealkylation sites (tertiary alicyclic amines) is 1. The van der Waals surface area contributed by atoms with Crippen molar-refractivity contribution in [2.45, 2.75) is 13.5 Å². The fourth-order valence-corrected chi connectivity index (χ4v) is 2.01. The summed E-state index contributed by atoms with van der Waals surface area (Å²) in [5.41, 5.74) is 1.02. The molecule has 1 aromatic carbocycles. The van der Waals surface area contributed by atoms with Gasteiger partial charge in [-0.3, -0.25) is 0 Å². The van der Waals surface area contributed by atoms with Gasteiger partial charge >= 0.3 is 6.09 Å². The minimum Gasteiger partial charge on any atom is -0.445 e. The normalized spacial score (nSPS) is 15.3. The monoisotopic (exact) mass is 248 g/mol. The lowest BCUT2D eigenvalue weighted by Gasteiger charge is -2.38. The van der Waals surface area contributed by atoms with Crippen molar-refractivity contribution in [2.24, 2.45) is 5.92 Å². The Morgan fingerprint density at radius 3 is 2.78 bits per heavy atom. The van der Waals surface area contributed by atoms with Crippen LogP contribution in [0.15, 0.2) is 30.3 Å². The van der Waals surface area contributed by atoms with E-state index in [1.54, 1.807) is 4.90 Å². The second kappa shape index (κ2) is 6.40. The maximum atomic E-state index is 11.7. The van der Waals surface area contributed by atoms with Crippen LogP contribution in [0.1, 0.15) is 12.5 Å². The van der Waals surface area contributed by atoms with E-state index in [0.29, 0.717) is 12.5 Å². The second-order valence-electron chi connectivity index (χ2n) is 4.62. The first kappa shape index (κ1) is 12.9. The molecule has 1 aromatic rings. The minimum absolute atomic E-state index is 0.202. The summed E-state index contributed by atoms with van der Waals surface area (Å²) in [6.07, 6.45) is -0.202. The van der Waals surface area contributed by atoms with Gasteiger partial charge in [-0.05, 0) is 12.1 Å². The third-order valence-electron chi connectivity index (χ3n) is 3.10. The van der Waals surface area contributed by atoms with Crippen molar-refractivity contribution in [3.05, 3.63) is 35.9 Å². The number of hydrogen-bond acceptors (Lipinski definition) is 3. The highest BCUT2D eigenvalue weighted by Gasteiger charge is 2.31. The average Bonchev–Trinajstić information content (AvgIpc) is 2.36. The molecule has 0 aromatic heterocycles. The number of rotatable bonds is 5. The molecule has 0 saturated carbocycles. The molecule has 1 heterocycles. The largest absolute Gasteiger partial charge is 0.445 e. The first-order chi connectivity index (χ1) is 8.79. The predicted molar refractivity (Wildman–Crippen MR) is 70.2 cm³/mol. The van der Waals surface area contributed by atoms with Gasteiger partial charge in [0.2, 0.25) is 0 Å². The predicted octanol–water partition coefficient (Wildman–Crippen LogP) is 1.86.